The average Bonchev–Trinajstić information content (AvgIpc) is 3.37. The van der Waals surface area contributed by atoms with E-state index in [1.54, 1.807) is 55.8 Å². The van der Waals surface area contributed by atoms with Gasteiger partial charge >= 0.3 is 0 Å². The molecular weight excluding hydrogens is 362 g/mol. The average molecular weight is 379 g/mol. The molecule has 3 heterocycles. The number of carbonyl (C=O) groups excluding carboxylic acids is 1. The molecule has 0 aliphatic rings. The largest absolute Gasteiger partial charge is 0.459 e. The first kappa shape index (κ1) is 17.7. The van der Waals surface area contributed by atoms with Crippen LogP contribution in [0.1, 0.15) is 35.1 Å². The molecule has 3 aromatic heterocycles. The van der Waals surface area contributed by atoms with Crippen LogP contribution in [-0.2, 0) is 7.05 Å². The highest BCUT2D eigenvalue weighted by Gasteiger charge is 2.19. The number of nitrogens with one attached hydrogen (secondary N) is 1. The second kappa shape index (κ2) is 6.76. The molecule has 28 heavy (non-hydrogen) atoms. The standard InChI is InChI=1S/C19H17N5O4/c1-10(21-17(25)15-5-4-8-27-15)18-22-16(23-28-18)12-6-7-14-13(9-12)20-11(2)19(26)24(14)3/h4-10H,1-3H3,(H,21,25)/t10-/m1/s1. The minimum Gasteiger partial charge on any atom is -0.459 e. The van der Waals surface area contributed by atoms with Gasteiger partial charge in [0.15, 0.2) is 5.76 Å². The highest BCUT2D eigenvalue weighted by atomic mass is 16.5. The minimum absolute atomic E-state index is 0.136. The summed E-state index contributed by atoms with van der Waals surface area (Å²) >= 11 is 0. The van der Waals surface area contributed by atoms with Crippen LogP contribution in [0.5, 0.6) is 0 Å². The maximum Gasteiger partial charge on any atom is 0.287 e. The summed E-state index contributed by atoms with van der Waals surface area (Å²) in [6, 6.07) is 8.08. The van der Waals surface area contributed by atoms with Crippen molar-refractivity contribution in [3.63, 3.8) is 0 Å². The zero-order valence-electron chi connectivity index (χ0n) is 15.5. The van der Waals surface area contributed by atoms with Crippen LogP contribution < -0.4 is 10.9 Å². The van der Waals surface area contributed by atoms with Crippen LogP contribution in [0.4, 0.5) is 0 Å². The predicted molar refractivity (Wildman–Crippen MR) is 99.6 cm³/mol. The number of rotatable bonds is 4. The summed E-state index contributed by atoms with van der Waals surface area (Å²) in [6.45, 7) is 3.41. The van der Waals surface area contributed by atoms with Crippen LogP contribution in [0.25, 0.3) is 22.4 Å². The van der Waals surface area contributed by atoms with E-state index in [2.05, 4.69) is 20.4 Å². The molecule has 0 unspecified atom stereocenters. The first-order valence-corrected chi connectivity index (χ1v) is 8.60. The third-order valence-electron chi connectivity index (χ3n) is 4.40. The Morgan fingerprint density at radius 1 is 1.25 bits per heavy atom. The number of hydrogen-bond acceptors (Lipinski definition) is 7. The van der Waals surface area contributed by atoms with Gasteiger partial charge in [-0.2, -0.15) is 4.98 Å². The van der Waals surface area contributed by atoms with Crippen molar-refractivity contribution >= 4 is 16.9 Å². The van der Waals surface area contributed by atoms with Crippen LogP contribution in [0.3, 0.4) is 0 Å². The summed E-state index contributed by atoms with van der Waals surface area (Å²) in [5, 5.41) is 6.72. The molecular formula is C19H17N5O4. The van der Waals surface area contributed by atoms with Gasteiger partial charge < -0.3 is 18.8 Å². The van der Waals surface area contributed by atoms with E-state index in [0.717, 1.165) is 0 Å². The van der Waals surface area contributed by atoms with Gasteiger partial charge in [-0.1, -0.05) is 5.16 Å². The van der Waals surface area contributed by atoms with E-state index in [9.17, 15) is 9.59 Å². The number of fused-ring (bicyclic) bond motifs is 1. The lowest BCUT2D eigenvalue weighted by molar-refractivity contribution is 0.0904. The Morgan fingerprint density at radius 2 is 2.07 bits per heavy atom. The van der Waals surface area contributed by atoms with E-state index < -0.39 is 6.04 Å². The summed E-state index contributed by atoms with van der Waals surface area (Å²) in [6.07, 6.45) is 1.43. The molecule has 0 spiro atoms. The van der Waals surface area contributed by atoms with Crippen molar-refractivity contribution in [3.8, 4) is 11.4 Å². The van der Waals surface area contributed by atoms with Gasteiger partial charge in [-0.3, -0.25) is 9.59 Å². The number of hydrogen-bond donors (Lipinski definition) is 1. The fourth-order valence-electron chi connectivity index (χ4n) is 2.88. The quantitative estimate of drug-likeness (QED) is 0.578. The third-order valence-corrected chi connectivity index (χ3v) is 4.40. The summed E-state index contributed by atoms with van der Waals surface area (Å²) in [5.74, 6) is 0.459. The van der Waals surface area contributed by atoms with Gasteiger partial charge in [-0.05, 0) is 44.2 Å². The summed E-state index contributed by atoms with van der Waals surface area (Å²) in [5.41, 5.74) is 2.33. The van der Waals surface area contributed by atoms with E-state index in [1.165, 1.54) is 6.26 Å². The maximum absolute atomic E-state index is 12.1. The fourth-order valence-corrected chi connectivity index (χ4v) is 2.88. The van der Waals surface area contributed by atoms with Crippen molar-refractivity contribution in [1.82, 2.24) is 25.0 Å². The van der Waals surface area contributed by atoms with E-state index in [-0.39, 0.29) is 23.1 Å². The summed E-state index contributed by atoms with van der Waals surface area (Å²) in [7, 11) is 1.70. The third kappa shape index (κ3) is 3.07. The van der Waals surface area contributed by atoms with Gasteiger partial charge in [0.05, 0.1) is 17.3 Å². The molecule has 4 aromatic rings. The zero-order chi connectivity index (χ0) is 19.8. The lowest BCUT2D eigenvalue weighted by Crippen LogP contribution is -2.26. The molecule has 0 radical (unpaired) electrons. The van der Waals surface area contributed by atoms with Crippen LogP contribution >= 0.6 is 0 Å². The Kier molecular flexibility index (Phi) is 4.26. The van der Waals surface area contributed by atoms with E-state index in [1.807, 2.05) is 0 Å². The Labute approximate surface area is 159 Å². The predicted octanol–water partition coefficient (Wildman–Crippen LogP) is 2.38. The first-order valence-electron chi connectivity index (χ1n) is 8.60. The Bertz CT molecular complexity index is 1220. The van der Waals surface area contributed by atoms with Crippen LogP contribution in [-0.4, -0.2) is 25.6 Å². The lowest BCUT2D eigenvalue weighted by Gasteiger charge is -2.07. The van der Waals surface area contributed by atoms with Crippen molar-refractivity contribution in [2.75, 3.05) is 0 Å². The SMILES string of the molecule is Cc1nc2cc(-c3noc([C@@H](C)NC(=O)c4ccco4)n3)ccc2n(C)c1=O. The van der Waals surface area contributed by atoms with Crippen molar-refractivity contribution < 1.29 is 13.7 Å². The lowest BCUT2D eigenvalue weighted by atomic mass is 10.1. The van der Waals surface area contributed by atoms with Gasteiger partial charge in [-0.15, -0.1) is 0 Å². The zero-order valence-corrected chi connectivity index (χ0v) is 15.5. The van der Waals surface area contributed by atoms with Gasteiger partial charge in [0.1, 0.15) is 11.7 Å². The van der Waals surface area contributed by atoms with Gasteiger partial charge in [0, 0.05) is 12.6 Å². The molecule has 0 saturated carbocycles. The number of nitrogens with zero attached hydrogens (tertiary/aromatic N) is 4. The second-order valence-corrected chi connectivity index (χ2v) is 6.39. The molecule has 0 fully saturated rings. The van der Waals surface area contributed by atoms with Gasteiger partial charge in [0.25, 0.3) is 11.5 Å². The molecule has 9 nitrogen and oxygen atoms in total. The molecule has 0 aliphatic carbocycles. The van der Waals surface area contributed by atoms with Crippen LogP contribution in [0.15, 0.2) is 50.3 Å². The molecule has 1 N–H and O–H groups in total. The molecule has 1 amide bonds. The van der Waals surface area contributed by atoms with Crippen LogP contribution in [0, 0.1) is 6.92 Å². The van der Waals surface area contributed by atoms with Crippen LogP contribution in [0.2, 0.25) is 0 Å². The number of amides is 1. The first-order chi connectivity index (χ1) is 13.4. The van der Waals surface area contributed by atoms with E-state index in [0.29, 0.717) is 28.1 Å². The smallest absolute Gasteiger partial charge is 0.287 e. The number of aromatic nitrogens is 4. The fraction of sp³-hybridized carbons (Fsp3) is 0.211. The minimum atomic E-state index is -0.500. The van der Waals surface area contributed by atoms with Crippen molar-refractivity contribution in [2.24, 2.45) is 7.05 Å². The Morgan fingerprint density at radius 3 is 2.82 bits per heavy atom. The second-order valence-electron chi connectivity index (χ2n) is 6.39. The Hall–Kier alpha value is -3.75. The molecule has 4 rings (SSSR count). The maximum atomic E-state index is 12.1. The normalized spacial score (nSPS) is 12.2. The molecule has 1 atom stereocenters. The molecule has 9 heteroatoms. The molecule has 0 aliphatic heterocycles. The topological polar surface area (TPSA) is 116 Å². The van der Waals surface area contributed by atoms with E-state index in [4.69, 9.17) is 8.94 Å². The summed E-state index contributed by atoms with van der Waals surface area (Å²) in [4.78, 5) is 32.8. The number of benzene rings is 1. The van der Waals surface area contributed by atoms with Crippen molar-refractivity contribution in [3.05, 3.63) is 64.3 Å². The van der Waals surface area contributed by atoms with Gasteiger partial charge in [0.2, 0.25) is 11.7 Å². The van der Waals surface area contributed by atoms with Gasteiger partial charge in [-0.25, -0.2) is 4.98 Å². The number of furan rings is 1. The summed E-state index contributed by atoms with van der Waals surface area (Å²) < 4.78 is 11.9. The molecule has 0 bridgehead atoms. The monoisotopic (exact) mass is 379 g/mol. The Balaban J connectivity index is 1.61. The number of carbonyl (C=O) groups is 1. The number of aryl methyl sites for hydroxylation is 2. The molecule has 0 saturated heterocycles. The highest BCUT2D eigenvalue weighted by Crippen LogP contribution is 2.22. The molecule has 142 valence electrons. The van der Waals surface area contributed by atoms with Crippen molar-refractivity contribution in [1.29, 1.82) is 0 Å². The highest BCUT2D eigenvalue weighted by molar-refractivity contribution is 5.91. The van der Waals surface area contributed by atoms with Crippen molar-refractivity contribution in [2.45, 2.75) is 19.9 Å². The van der Waals surface area contributed by atoms with E-state index >= 15 is 0 Å². The molecule has 1 aromatic carbocycles.